The van der Waals surface area contributed by atoms with Crippen LogP contribution in [0.2, 0.25) is 0 Å². The molecule has 1 N–H and O–H groups in total. The number of nitrogens with one attached hydrogen (secondary N) is 1. The molecule has 0 atom stereocenters. The first kappa shape index (κ1) is 16.3. The number of aromatic nitrogens is 1. The molecule has 24 heavy (non-hydrogen) atoms. The van der Waals surface area contributed by atoms with Gasteiger partial charge in [0.1, 0.15) is 5.75 Å². The second-order valence-corrected chi connectivity index (χ2v) is 5.91. The number of nitrogens with zero attached hydrogens (tertiary/aromatic N) is 1. The first-order valence-corrected chi connectivity index (χ1v) is 7.61. The Morgan fingerprint density at radius 1 is 1.17 bits per heavy atom. The summed E-state index contributed by atoms with van der Waals surface area (Å²) in [5.74, 6) is 0.169. The summed E-state index contributed by atoms with van der Waals surface area (Å²) in [6.45, 7) is 0. The molecule has 0 radical (unpaired) electrons. The van der Waals surface area contributed by atoms with E-state index in [2.05, 4.69) is 10.3 Å². The molecular weight excluding hydrogens is 341 g/mol. The average molecular weight is 352 g/mol. The zero-order valence-corrected chi connectivity index (χ0v) is 13.2. The van der Waals surface area contributed by atoms with Crippen LogP contribution in [0.5, 0.6) is 5.75 Å². The fourth-order valence-corrected chi connectivity index (χ4v) is 2.90. The molecule has 0 unspecified atom stereocenters. The van der Waals surface area contributed by atoms with E-state index in [4.69, 9.17) is 4.74 Å². The maximum absolute atomic E-state index is 12.7. The molecule has 0 saturated carbocycles. The van der Waals surface area contributed by atoms with Gasteiger partial charge < -0.3 is 10.1 Å². The summed E-state index contributed by atoms with van der Waals surface area (Å²) in [7, 11) is 1.53. The Bertz CT molecular complexity index is 888. The molecule has 3 aromatic rings. The predicted molar refractivity (Wildman–Crippen MR) is 85.6 cm³/mol. The highest BCUT2D eigenvalue weighted by Gasteiger charge is 2.31. The van der Waals surface area contributed by atoms with Gasteiger partial charge in [-0.05, 0) is 42.5 Å². The van der Waals surface area contributed by atoms with E-state index in [0.717, 1.165) is 23.5 Å². The summed E-state index contributed by atoms with van der Waals surface area (Å²) >= 11 is 1.04. The van der Waals surface area contributed by atoms with Crippen molar-refractivity contribution >= 4 is 33.1 Å². The van der Waals surface area contributed by atoms with Crippen LogP contribution < -0.4 is 10.1 Å². The fourth-order valence-electron chi connectivity index (χ4n) is 2.06. The largest absolute Gasteiger partial charge is 0.497 e. The van der Waals surface area contributed by atoms with Gasteiger partial charge in [0.15, 0.2) is 5.01 Å². The molecule has 2 aromatic carbocycles. The number of methoxy groups -OCH3 is 1. The number of carbonyl (C=O) groups excluding carboxylic acids is 1. The summed E-state index contributed by atoms with van der Waals surface area (Å²) in [6.07, 6.45) is -4.44. The van der Waals surface area contributed by atoms with E-state index in [9.17, 15) is 18.0 Å². The quantitative estimate of drug-likeness (QED) is 0.751. The van der Waals surface area contributed by atoms with Crippen molar-refractivity contribution in [3.8, 4) is 5.75 Å². The Labute approximate surface area is 138 Å². The minimum absolute atomic E-state index is 0.0974. The van der Waals surface area contributed by atoms with Gasteiger partial charge in [-0.25, -0.2) is 4.98 Å². The first-order valence-electron chi connectivity index (χ1n) is 6.80. The molecule has 1 amide bonds. The van der Waals surface area contributed by atoms with E-state index in [1.54, 1.807) is 24.3 Å². The molecule has 0 saturated heterocycles. The molecule has 0 fully saturated rings. The Morgan fingerprint density at radius 2 is 1.88 bits per heavy atom. The zero-order chi connectivity index (χ0) is 17.3. The van der Waals surface area contributed by atoms with Crippen LogP contribution in [0.3, 0.4) is 0 Å². The zero-order valence-electron chi connectivity index (χ0n) is 12.3. The Kier molecular flexibility index (Phi) is 4.15. The lowest BCUT2D eigenvalue weighted by Gasteiger charge is -2.04. The maximum atomic E-state index is 12.7. The van der Waals surface area contributed by atoms with Gasteiger partial charge in [-0.3, -0.25) is 4.79 Å². The molecule has 4 nitrogen and oxygen atoms in total. The number of halogens is 3. The first-order chi connectivity index (χ1) is 11.4. The average Bonchev–Trinajstić information content (AvgIpc) is 2.98. The van der Waals surface area contributed by atoms with E-state index < -0.39 is 17.6 Å². The highest BCUT2D eigenvalue weighted by molar-refractivity contribution is 7.20. The molecular formula is C16H11F3N2O2S. The molecule has 0 aliphatic carbocycles. The minimum atomic E-state index is -4.44. The number of ether oxygens (including phenoxy) is 1. The molecule has 0 aliphatic rings. The third-order valence-electron chi connectivity index (χ3n) is 3.26. The Balaban J connectivity index is 1.84. The predicted octanol–water partition coefficient (Wildman–Crippen LogP) is 4.58. The number of anilines is 1. The van der Waals surface area contributed by atoms with E-state index in [1.165, 1.54) is 13.2 Å². The van der Waals surface area contributed by atoms with Gasteiger partial charge in [0.2, 0.25) is 0 Å². The third-order valence-corrected chi connectivity index (χ3v) is 4.29. The van der Waals surface area contributed by atoms with E-state index in [0.29, 0.717) is 16.1 Å². The highest BCUT2D eigenvalue weighted by atomic mass is 32.1. The molecule has 0 aliphatic heterocycles. The van der Waals surface area contributed by atoms with Gasteiger partial charge in [-0.1, -0.05) is 0 Å². The number of hydrogen-bond donors (Lipinski definition) is 1. The smallest absolute Gasteiger partial charge is 0.416 e. The van der Waals surface area contributed by atoms with Crippen molar-refractivity contribution in [2.45, 2.75) is 6.18 Å². The van der Waals surface area contributed by atoms with E-state index in [-0.39, 0.29) is 10.5 Å². The summed E-state index contributed by atoms with van der Waals surface area (Å²) < 4.78 is 43.7. The van der Waals surface area contributed by atoms with Crippen LogP contribution in [0.15, 0.2) is 42.5 Å². The number of amides is 1. The number of rotatable bonds is 3. The van der Waals surface area contributed by atoms with Gasteiger partial charge in [0.25, 0.3) is 5.91 Å². The number of alkyl halides is 3. The van der Waals surface area contributed by atoms with Crippen molar-refractivity contribution < 1.29 is 22.7 Å². The topological polar surface area (TPSA) is 51.2 Å². The monoisotopic (exact) mass is 352 g/mol. The lowest BCUT2D eigenvalue weighted by atomic mass is 10.2. The standard InChI is InChI=1S/C16H11F3N2O2S/c1-23-11-5-3-10(4-6-11)20-14(22)15-21-12-8-9(16(17,18)19)2-7-13(12)24-15/h2-8H,1H3,(H,20,22). The molecule has 0 bridgehead atoms. The van der Waals surface area contributed by atoms with Crippen molar-refractivity contribution in [2.75, 3.05) is 12.4 Å². The van der Waals surface area contributed by atoms with Gasteiger partial charge in [0.05, 0.1) is 22.9 Å². The number of fused-ring (bicyclic) bond motifs is 1. The normalized spacial score (nSPS) is 11.5. The Hall–Kier alpha value is -2.61. The number of hydrogen-bond acceptors (Lipinski definition) is 4. The van der Waals surface area contributed by atoms with Crippen molar-refractivity contribution in [3.63, 3.8) is 0 Å². The fraction of sp³-hybridized carbons (Fsp3) is 0.125. The van der Waals surface area contributed by atoms with Crippen molar-refractivity contribution in [1.29, 1.82) is 0 Å². The lowest BCUT2D eigenvalue weighted by Crippen LogP contribution is -2.11. The molecule has 1 aromatic heterocycles. The molecule has 0 spiro atoms. The molecule has 8 heteroatoms. The molecule has 1 heterocycles. The van der Waals surface area contributed by atoms with Crippen LogP contribution in [0.4, 0.5) is 18.9 Å². The van der Waals surface area contributed by atoms with Crippen molar-refractivity contribution in [1.82, 2.24) is 4.98 Å². The van der Waals surface area contributed by atoms with Crippen LogP contribution in [-0.2, 0) is 6.18 Å². The summed E-state index contributed by atoms with van der Waals surface area (Å²) in [4.78, 5) is 16.2. The molecule has 3 rings (SSSR count). The summed E-state index contributed by atoms with van der Waals surface area (Å²) in [6, 6.07) is 9.92. The van der Waals surface area contributed by atoms with E-state index in [1.807, 2.05) is 0 Å². The van der Waals surface area contributed by atoms with Gasteiger partial charge in [0, 0.05) is 5.69 Å². The van der Waals surface area contributed by atoms with Crippen molar-refractivity contribution in [2.24, 2.45) is 0 Å². The number of carbonyl (C=O) groups is 1. The van der Waals surface area contributed by atoms with Crippen LogP contribution >= 0.6 is 11.3 Å². The Morgan fingerprint density at radius 3 is 2.50 bits per heavy atom. The second-order valence-electron chi connectivity index (χ2n) is 4.88. The van der Waals surface area contributed by atoms with Crippen LogP contribution in [0, 0.1) is 0 Å². The number of benzene rings is 2. The van der Waals surface area contributed by atoms with Crippen LogP contribution in [0.1, 0.15) is 15.4 Å². The van der Waals surface area contributed by atoms with Gasteiger partial charge in [-0.2, -0.15) is 13.2 Å². The third kappa shape index (κ3) is 3.33. The van der Waals surface area contributed by atoms with Crippen LogP contribution in [0.25, 0.3) is 10.2 Å². The summed E-state index contributed by atoms with van der Waals surface area (Å²) in [5.41, 5.74) is -0.104. The minimum Gasteiger partial charge on any atom is -0.497 e. The molecule has 124 valence electrons. The second kappa shape index (κ2) is 6.12. The van der Waals surface area contributed by atoms with Gasteiger partial charge in [-0.15, -0.1) is 11.3 Å². The van der Waals surface area contributed by atoms with Gasteiger partial charge >= 0.3 is 6.18 Å². The SMILES string of the molecule is COc1ccc(NC(=O)c2nc3cc(C(F)(F)F)ccc3s2)cc1. The van der Waals surface area contributed by atoms with Crippen LogP contribution in [-0.4, -0.2) is 18.0 Å². The number of thiazole rings is 1. The maximum Gasteiger partial charge on any atom is 0.416 e. The lowest BCUT2D eigenvalue weighted by molar-refractivity contribution is -0.137. The van der Waals surface area contributed by atoms with Crippen molar-refractivity contribution in [3.05, 3.63) is 53.0 Å². The summed E-state index contributed by atoms with van der Waals surface area (Å²) in [5, 5.41) is 2.74. The highest BCUT2D eigenvalue weighted by Crippen LogP contribution is 2.33. The van der Waals surface area contributed by atoms with E-state index >= 15 is 0 Å².